The lowest BCUT2D eigenvalue weighted by Crippen LogP contribution is -2.31. The van der Waals surface area contributed by atoms with Crippen molar-refractivity contribution in [2.24, 2.45) is 11.8 Å². The van der Waals surface area contributed by atoms with Crippen LogP contribution in [0.4, 0.5) is 0 Å². The summed E-state index contributed by atoms with van der Waals surface area (Å²) in [5.74, 6) is -0.586. The van der Waals surface area contributed by atoms with Crippen LogP contribution in [0, 0.1) is 18.3 Å². The van der Waals surface area contributed by atoms with Crippen LogP contribution in [0.25, 0.3) is 0 Å². The minimum absolute atomic E-state index is 0.0413. The molecule has 0 aliphatic heterocycles. The molecule has 0 aromatic heterocycles. The van der Waals surface area contributed by atoms with Crippen molar-refractivity contribution >= 4 is 11.6 Å². The number of ketones is 2. The van der Waals surface area contributed by atoms with Crippen LogP contribution in [-0.2, 0) is 4.79 Å². The van der Waals surface area contributed by atoms with Gasteiger partial charge in [-0.25, -0.2) is 0 Å². The van der Waals surface area contributed by atoms with Crippen LogP contribution < -0.4 is 0 Å². The van der Waals surface area contributed by atoms with Crippen molar-refractivity contribution in [3.05, 3.63) is 54.5 Å². The van der Waals surface area contributed by atoms with Crippen molar-refractivity contribution in [2.75, 3.05) is 0 Å². The van der Waals surface area contributed by atoms with Gasteiger partial charge in [0.25, 0.3) is 0 Å². The molecule has 0 N–H and O–H groups in total. The van der Waals surface area contributed by atoms with E-state index in [2.05, 4.69) is 6.08 Å². The second-order valence-corrected chi connectivity index (χ2v) is 4.68. The van der Waals surface area contributed by atoms with Gasteiger partial charge in [-0.2, -0.15) is 0 Å². The fourth-order valence-electron chi connectivity index (χ4n) is 2.44. The predicted molar refractivity (Wildman–Crippen MR) is 71.1 cm³/mol. The normalized spacial score (nSPS) is 20.4. The van der Waals surface area contributed by atoms with Gasteiger partial charge in [0.1, 0.15) is 5.78 Å². The predicted octanol–water partition coefficient (Wildman–Crippen LogP) is 3.24. The molecule has 0 bridgehead atoms. The molecule has 1 aliphatic carbocycles. The fraction of sp³-hybridized carbons (Fsp3) is 0.312. The summed E-state index contributed by atoms with van der Waals surface area (Å²) < 4.78 is 0. The van der Waals surface area contributed by atoms with Gasteiger partial charge in [0, 0.05) is 5.56 Å². The topological polar surface area (TPSA) is 34.1 Å². The van der Waals surface area contributed by atoms with Gasteiger partial charge in [0.2, 0.25) is 0 Å². The Morgan fingerprint density at radius 1 is 1.22 bits per heavy atom. The number of hydrogen-bond acceptors (Lipinski definition) is 2. The van der Waals surface area contributed by atoms with Crippen molar-refractivity contribution < 1.29 is 9.59 Å². The number of allylic oxidation sites excluding steroid dienone is 2. The van der Waals surface area contributed by atoms with Gasteiger partial charge in [-0.15, -0.1) is 0 Å². The van der Waals surface area contributed by atoms with Crippen LogP contribution in [0.2, 0.25) is 0 Å². The molecule has 1 aromatic rings. The summed E-state index contributed by atoms with van der Waals surface area (Å²) in [7, 11) is 0. The quantitative estimate of drug-likeness (QED) is 0.599. The second-order valence-electron chi connectivity index (χ2n) is 4.68. The van der Waals surface area contributed by atoms with E-state index in [0.29, 0.717) is 5.56 Å². The van der Waals surface area contributed by atoms with Crippen LogP contribution >= 0.6 is 0 Å². The van der Waals surface area contributed by atoms with E-state index in [-0.39, 0.29) is 17.5 Å². The van der Waals surface area contributed by atoms with E-state index in [1.165, 1.54) is 6.92 Å². The number of Topliss-reactive ketones (excluding diaryl/α,β-unsaturated/α-hetero) is 2. The Morgan fingerprint density at radius 3 is 2.50 bits per heavy atom. The standard InChI is InChI=1S/C16H17O2/c1-12(17)15(13-8-4-2-5-9-13)16(18)14-10-6-3-7-11-14/h2-4,6-8,10-11,13,15H,5,9H2,1H3. The highest BCUT2D eigenvalue weighted by Gasteiger charge is 2.32. The third-order valence-electron chi connectivity index (χ3n) is 3.37. The average Bonchev–Trinajstić information content (AvgIpc) is 2.40. The summed E-state index contributed by atoms with van der Waals surface area (Å²) in [4.78, 5) is 24.2. The van der Waals surface area contributed by atoms with Crippen LogP contribution in [0.15, 0.2) is 42.5 Å². The molecular formula is C16H17O2. The maximum Gasteiger partial charge on any atom is 0.173 e. The molecule has 2 heteroatoms. The summed E-state index contributed by atoms with van der Waals surface area (Å²) in [6.45, 7) is 1.51. The first kappa shape index (κ1) is 12.7. The van der Waals surface area contributed by atoms with Crippen molar-refractivity contribution in [1.82, 2.24) is 0 Å². The highest BCUT2D eigenvalue weighted by Crippen LogP contribution is 2.28. The number of carbonyl (C=O) groups excluding carboxylic acids is 2. The highest BCUT2D eigenvalue weighted by atomic mass is 16.1. The summed E-state index contributed by atoms with van der Waals surface area (Å²) in [5.41, 5.74) is 0.626. The summed E-state index contributed by atoms with van der Waals surface area (Å²) in [6, 6.07) is 9.08. The van der Waals surface area contributed by atoms with Crippen LogP contribution in [0.1, 0.15) is 30.1 Å². The molecule has 93 valence electrons. The summed E-state index contributed by atoms with van der Waals surface area (Å²) in [6.07, 6.45) is 7.83. The van der Waals surface area contributed by atoms with Gasteiger partial charge in [-0.05, 0) is 32.1 Å². The zero-order chi connectivity index (χ0) is 13.0. The van der Waals surface area contributed by atoms with Crippen LogP contribution in [-0.4, -0.2) is 11.6 Å². The first-order valence-corrected chi connectivity index (χ1v) is 6.30. The van der Waals surface area contributed by atoms with Gasteiger partial charge in [0.05, 0.1) is 5.92 Å². The number of benzene rings is 1. The maximum absolute atomic E-state index is 12.4. The number of rotatable bonds is 4. The van der Waals surface area contributed by atoms with Crippen LogP contribution in [0.5, 0.6) is 0 Å². The number of hydrogen-bond donors (Lipinski definition) is 0. The number of carbonyl (C=O) groups is 2. The lowest BCUT2D eigenvalue weighted by Gasteiger charge is -2.24. The lowest BCUT2D eigenvalue weighted by atomic mass is 9.77. The van der Waals surface area contributed by atoms with Crippen molar-refractivity contribution in [1.29, 1.82) is 0 Å². The van der Waals surface area contributed by atoms with Gasteiger partial charge in [-0.1, -0.05) is 42.5 Å². The first-order valence-electron chi connectivity index (χ1n) is 6.30. The Kier molecular flexibility index (Phi) is 4.08. The molecule has 2 rings (SSSR count). The Morgan fingerprint density at radius 2 is 1.94 bits per heavy atom. The molecular weight excluding hydrogens is 224 g/mol. The maximum atomic E-state index is 12.4. The SMILES string of the molecule is CC(=O)C(C(=O)c1ccccc1)C1[CH]C=CCC1. The van der Waals surface area contributed by atoms with Gasteiger partial charge in [-0.3, -0.25) is 9.59 Å². The molecule has 0 saturated heterocycles. The largest absolute Gasteiger partial charge is 0.299 e. The molecule has 2 unspecified atom stereocenters. The Balaban J connectivity index is 2.23. The molecule has 2 atom stereocenters. The van der Waals surface area contributed by atoms with E-state index in [1.54, 1.807) is 12.1 Å². The Bertz CT molecular complexity index is 459. The molecule has 1 aliphatic rings. The van der Waals surface area contributed by atoms with E-state index >= 15 is 0 Å². The van der Waals surface area contributed by atoms with Crippen molar-refractivity contribution in [2.45, 2.75) is 19.8 Å². The third kappa shape index (κ3) is 2.76. The molecule has 18 heavy (non-hydrogen) atoms. The van der Waals surface area contributed by atoms with E-state index < -0.39 is 5.92 Å². The Hall–Kier alpha value is -1.70. The third-order valence-corrected chi connectivity index (χ3v) is 3.37. The minimum Gasteiger partial charge on any atom is -0.299 e. The van der Waals surface area contributed by atoms with Crippen molar-refractivity contribution in [3.63, 3.8) is 0 Å². The van der Waals surface area contributed by atoms with E-state index in [1.807, 2.05) is 30.7 Å². The zero-order valence-electron chi connectivity index (χ0n) is 10.5. The monoisotopic (exact) mass is 241 g/mol. The van der Waals surface area contributed by atoms with Crippen LogP contribution in [0.3, 0.4) is 0 Å². The van der Waals surface area contributed by atoms with E-state index in [9.17, 15) is 9.59 Å². The molecule has 2 nitrogen and oxygen atoms in total. The molecule has 1 radical (unpaired) electrons. The minimum atomic E-state index is -0.530. The average molecular weight is 241 g/mol. The van der Waals surface area contributed by atoms with Gasteiger partial charge < -0.3 is 0 Å². The fourth-order valence-corrected chi connectivity index (χ4v) is 2.44. The van der Waals surface area contributed by atoms with E-state index in [0.717, 1.165) is 12.8 Å². The van der Waals surface area contributed by atoms with Crippen molar-refractivity contribution in [3.8, 4) is 0 Å². The molecule has 0 amide bonds. The summed E-state index contributed by atoms with van der Waals surface area (Å²) >= 11 is 0. The molecule has 0 spiro atoms. The molecule has 1 aromatic carbocycles. The lowest BCUT2D eigenvalue weighted by molar-refractivity contribution is -0.120. The smallest absolute Gasteiger partial charge is 0.173 e. The molecule has 0 heterocycles. The highest BCUT2D eigenvalue weighted by molar-refractivity contribution is 6.10. The Labute approximate surface area is 108 Å². The molecule has 0 fully saturated rings. The first-order chi connectivity index (χ1) is 8.70. The van der Waals surface area contributed by atoms with Gasteiger partial charge >= 0.3 is 0 Å². The van der Waals surface area contributed by atoms with E-state index in [4.69, 9.17) is 0 Å². The summed E-state index contributed by atoms with van der Waals surface area (Å²) in [5, 5.41) is 0. The molecule has 0 saturated carbocycles. The second kappa shape index (κ2) is 5.76. The zero-order valence-corrected chi connectivity index (χ0v) is 10.5. The van der Waals surface area contributed by atoms with Gasteiger partial charge in [0.15, 0.2) is 5.78 Å².